The van der Waals surface area contributed by atoms with Gasteiger partial charge in [-0.15, -0.1) is 0 Å². The summed E-state index contributed by atoms with van der Waals surface area (Å²) in [6.07, 6.45) is 0. The molecule has 0 aliphatic heterocycles. The zero-order valence-electron chi connectivity index (χ0n) is 9.71. The van der Waals surface area contributed by atoms with Crippen LogP contribution in [0.1, 0.15) is 0 Å². The van der Waals surface area contributed by atoms with E-state index < -0.39 is 11.6 Å². The summed E-state index contributed by atoms with van der Waals surface area (Å²) in [5.74, 6) is -1.35. The number of anilines is 3. The summed E-state index contributed by atoms with van der Waals surface area (Å²) in [6.45, 7) is 0. The molecule has 0 unspecified atom stereocenters. The van der Waals surface area contributed by atoms with Crippen molar-refractivity contribution in [3.63, 3.8) is 0 Å². The Kier molecular flexibility index (Phi) is 3.32. The van der Waals surface area contributed by atoms with Crippen LogP contribution in [0.25, 0.3) is 0 Å². The maximum absolute atomic E-state index is 13.5. The zero-order chi connectivity index (χ0) is 13.1. The molecular formula is C13H12F2N2O. The van der Waals surface area contributed by atoms with Crippen LogP contribution in [0.4, 0.5) is 25.8 Å². The maximum Gasteiger partial charge on any atom is 0.182 e. The molecule has 0 heterocycles. The summed E-state index contributed by atoms with van der Waals surface area (Å²) in [5, 5.41) is 2.76. The van der Waals surface area contributed by atoms with Crippen LogP contribution in [0.15, 0.2) is 36.4 Å². The van der Waals surface area contributed by atoms with Gasteiger partial charge in [-0.1, -0.05) is 6.07 Å². The van der Waals surface area contributed by atoms with Crippen molar-refractivity contribution >= 4 is 17.1 Å². The number of methoxy groups -OCH3 is 1. The Bertz CT molecular complexity index is 573. The fraction of sp³-hybridized carbons (Fsp3) is 0.0769. The summed E-state index contributed by atoms with van der Waals surface area (Å²) < 4.78 is 31.5. The lowest BCUT2D eigenvalue weighted by Crippen LogP contribution is -1.98. The van der Waals surface area contributed by atoms with Crippen molar-refractivity contribution in [3.05, 3.63) is 48.0 Å². The summed E-state index contributed by atoms with van der Waals surface area (Å²) >= 11 is 0. The SMILES string of the molecule is COc1cc(Nc2cccc(F)c2F)ccc1N. The molecule has 0 saturated heterocycles. The minimum atomic E-state index is -0.923. The van der Waals surface area contributed by atoms with Gasteiger partial charge in [0, 0.05) is 11.8 Å². The number of benzene rings is 2. The summed E-state index contributed by atoms with van der Waals surface area (Å²) in [5.41, 5.74) is 6.75. The molecule has 5 heteroatoms. The van der Waals surface area contributed by atoms with Gasteiger partial charge in [-0.3, -0.25) is 0 Å². The number of rotatable bonds is 3. The molecule has 0 amide bonds. The van der Waals surface area contributed by atoms with E-state index in [1.54, 1.807) is 18.2 Å². The van der Waals surface area contributed by atoms with Crippen molar-refractivity contribution in [3.8, 4) is 5.75 Å². The first-order valence-corrected chi connectivity index (χ1v) is 5.26. The van der Waals surface area contributed by atoms with Gasteiger partial charge in [0.2, 0.25) is 0 Å². The van der Waals surface area contributed by atoms with Crippen molar-refractivity contribution in [1.82, 2.24) is 0 Å². The molecule has 0 aliphatic rings. The van der Waals surface area contributed by atoms with Crippen molar-refractivity contribution < 1.29 is 13.5 Å². The van der Waals surface area contributed by atoms with E-state index in [0.717, 1.165) is 6.07 Å². The van der Waals surface area contributed by atoms with Crippen LogP contribution >= 0.6 is 0 Å². The Balaban J connectivity index is 2.31. The minimum Gasteiger partial charge on any atom is -0.495 e. The maximum atomic E-state index is 13.5. The third kappa shape index (κ3) is 2.34. The van der Waals surface area contributed by atoms with Crippen LogP contribution in [-0.4, -0.2) is 7.11 Å². The molecule has 0 spiro atoms. The fourth-order valence-electron chi connectivity index (χ4n) is 1.54. The second kappa shape index (κ2) is 4.91. The monoisotopic (exact) mass is 250 g/mol. The van der Waals surface area contributed by atoms with Crippen LogP contribution < -0.4 is 15.8 Å². The van der Waals surface area contributed by atoms with Gasteiger partial charge in [0.1, 0.15) is 5.75 Å². The van der Waals surface area contributed by atoms with Crippen LogP contribution in [0, 0.1) is 11.6 Å². The standard InChI is InChI=1S/C13H12F2N2O/c1-18-12-7-8(5-6-10(12)16)17-11-4-2-3-9(14)13(11)15/h2-7,17H,16H2,1H3. The predicted molar refractivity (Wildman–Crippen MR) is 67.0 cm³/mol. The molecule has 0 bridgehead atoms. The first-order valence-electron chi connectivity index (χ1n) is 5.26. The second-order valence-corrected chi connectivity index (χ2v) is 3.68. The lowest BCUT2D eigenvalue weighted by Gasteiger charge is -2.10. The molecule has 3 nitrogen and oxygen atoms in total. The zero-order valence-corrected chi connectivity index (χ0v) is 9.71. The Hall–Kier alpha value is -2.30. The van der Waals surface area contributed by atoms with Gasteiger partial charge < -0.3 is 15.8 Å². The molecule has 0 aromatic heterocycles. The molecule has 0 atom stereocenters. The lowest BCUT2D eigenvalue weighted by atomic mass is 10.2. The highest BCUT2D eigenvalue weighted by Crippen LogP contribution is 2.28. The largest absolute Gasteiger partial charge is 0.495 e. The fourth-order valence-corrected chi connectivity index (χ4v) is 1.54. The van der Waals surface area contributed by atoms with Crippen molar-refractivity contribution in [1.29, 1.82) is 0 Å². The van der Waals surface area contributed by atoms with E-state index >= 15 is 0 Å². The van der Waals surface area contributed by atoms with E-state index in [1.807, 2.05) is 0 Å². The van der Waals surface area contributed by atoms with E-state index in [4.69, 9.17) is 10.5 Å². The molecule has 94 valence electrons. The van der Waals surface area contributed by atoms with Gasteiger partial charge in [0.05, 0.1) is 18.5 Å². The van der Waals surface area contributed by atoms with Gasteiger partial charge in [0.15, 0.2) is 11.6 Å². The molecule has 2 rings (SSSR count). The van der Waals surface area contributed by atoms with Crippen LogP contribution in [-0.2, 0) is 0 Å². The summed E-state index contributed by atoms with van der Waals surface area (Å²) in [7, 11) is 1.48. The number of halogens is 2. The normalized spacial score (nSPS) is 10.2. The first-order chi connectivity index (χ1) is 8.61. The van der Waals surface area contributed by atoms with Crippen molar-refractivity contribution in [2.75, 3.05) is 18.2 Å². The van der Waals surface area contributed by atoms with Crippen LogP contribution in [0.5, 0.6) is 5.75 Å². The molecule has 2 aromatic rings. The molecule has 0 aliphatic carbocycles. The molecule has 0 saturated carbocycles. The third-order valence-corrected chi connectivity index (χ3v) is 2.46. The number of hydrogen-bond acceptors (Lipinski definition) is 3. The number of nitrogen functional groups attached to an aromatic ring is 1. The van der Waals surface area contributed by atoms with Crippen molar-refractivity contribution in [2.24, 2.45) is 0 Å². The van der Waals surface area contributed by atoms with Gasteiger partial charge in [-0.2, -0.15) is 0 Å². The smallest absolute Gasteiger partial charge is 0.182 e. The van der Waals surface area contributed by atoms with Crippen LogP contribution in [0.3, 0.4) is 0 Å². The highest BCUT2D eigenvalue weighted by atomic mass is 19.2. The molecule has 18 heavy (non-hydrogen) atoms. The van der Waals surface area contributed by atoms with Gasteiger partial charge in [-0.05, 0) is 24.3 Å². The van der Waals surface area contributed by atoms with E-state index in [-0.39, 0.29) is 5.69 Å². The third-order valence-electron chi connectivity index (χ3n) is 2.46. The molecule has 3 N–H and O–H groups in total. The Morgan fingerprint density at radius 3 is 2.67 bits per heavy atom. The Labute approximate surface area is 103 Å². The highest BCUT2D eigenvalue weighted by Gasteiger charge is 2.08. The second-order valence-electron chi connectivity index (χ2n) is 3.68. The molecule has 0 radical (unpaired) electrons. The number of ether oxygens (including phenoxy) is 1. The van der Waals surface area contributed by atoms with E-state index in [9.17, 15) is 8.78 Å². The lowest BCUT2D eigenvalue weighted by molar-refractivity contribution is 0.417. The van der Waals surface area contributed by atoms with Gasteiger partial charge in [0.25, 0.3) is 0 Å². The molecule has 0 fully saturated rings. The molecular weight excluding hydrogens is 238 g/mol. The summed E-state index contributed by atoms with van der Waals surface area (Å²) in [4.78, 5) is 0. The van der Waals surface area contributed by atoms with Crippen LogP contribution in [0.2, 0.25) is 0 Å². The van der Waals surface area contributed by atoms with Gasteiger partial charge in [-0.25, -0.2) is 8.78 Å². The highest BCUT2D eigenvalue weighted by molar-refractivity contribution is 5.67. The number of nitrogens with two attached hydrogens (primary N) is 1. The van der Waals surface area contributed by atoms with E-state index in [2.05, 4.69) is 5.32 Å². The Morgan fingerprint density at radius 2 is 1.94 bits per heavy atom. The average molecular weight is 250 g/mol. The topological polar surface area (TPSA) is 47.3 Å². The molecule has 2 aromatic carbocycles. The quantitative estimate of drug-likeness (QED) is 0.822. The minimum absolute atomic E-state index is 0.0572. The Morgan fingerprint density at radius 1 is 1.17 bits per heavy atom. The number of nitrogens with one attached hydrogen (secondary N) is 1. The number of hydrogen-bond donors (Lipinski definition) is 2. The summed E-state index contributed by atoms with van der Waals surface area (Å²) in [6, 6.07) is 8.82. The first kappa shape index (κ1) is 12.2. The predicted octanol–water partition coefficient (Wildman–Crippen LogP) is 3.30. The van der Waals surface area contributed by atoms with Crippen molar-refractivity contribution in [2.45, 2.75) is 0 Å². The average Bonchev–Trinajstić information content (AvgIpc) is 2.37. The van der Waals surface area contributed by atoms with E-state index in [1.165, 1.54) is 19.2 Å². The van der Waals surface area contributed by atoms with E-state index in [0.29, 0.717) is 17.1 Å². The van der Waals surface area contributed by atoms with Gasteiger partial charge >= 0.3 is 0 Å².